The first-order valence-electron chi connectivity index (χ1n) is 7.20. The van der Waals surface area contributed by atoms with Crippen LogP contribution in [0.5, 0.6) is 0 Å². The number of nitrogens with zero attached hydrogens (tertiary/aromatic N) is 1. The number of amides is 1. The molecule has 2 unspecified atom stereocenters. The number of para-hydroxylation sites is 1. The first-order valence-corrected chi connectivity index (χ1v) is 7.20. The van der Waals surface area contributed by atoms with Crippen molar-refractivity contribution in [3.8, 4) is 0 Å². The number of ether oxygens (including phenoxy) is 1. The molecule has 1 amide bonds. The maximum absolute atomic E-state index is 12.8. The number of anilines is 2. The van der Waals surface area contributed by atoms with E-state index in [1.807, 2.05) is 36.9 Å². The van der Waals surface area contributed by atoms with Gasteiger partial charge in [-0.1, -0.05) is 6.07 Å². The minimum absolute atomic E-state index is 0.0840. The van der Waals surface area contributed by atoms with Gasteiger partial charge in [-0.05, 0) is 26.0 Å². The van der Waals surface area contributed by atoms with Crippen molar-refractivity contribution in [3.63, 3.8) is 0 Å². The normalized spacial score (nSPS) is 25.4. The van der Waals surface area contributed by atoms with E-state index in [1.165, 1.54) is 0 Å². The van der Waals surface area contributed by atoms with Crippen molar-refractivity contribution in [2.75, 3.05) is 36.9 Å². The summed E-state index contributed by atoms with van der Waals surface area (Å²) in [6.07, 6.45) is 0.0979. The molecule has 0 aromatic heterocycles. The monoisotopic (exact) mass is 275 g/mol. The summed E-state index contributed by atoms with van der Waals surface area (Å²) in [7, 11) is 0. The number of benzene rings is 1. The molecule has 2 aliphatic rings. The van der Waals surface area contributed by atoms with Crippen LogP contribution in [-0.2, 0) is 4.74 Å². The van der Waals surface area contributed by atoms with E-state index < -0.39 is 0 Å². The molecule has 5 nitrogen and oxygen atoms in total. The first kappa shape index (κ1) is 13.2. The molecule has 3 rings (SSSR count). The van der Waals surface area contributed by atoms with Gasteiger partial charge >= 0.3 is 0 Å². The number of morpholine rings is 1. The van der Waals surface area contributed by atoms with Crippen LogP contribution in [0.15, 0.2) is 18.2 Å². The van der Waals surface area contributed by atoms with Crippen LogP contribution >= 0.6 is 0 Å². The Morgan fingerprint density at radius 2 is 2.10 bits per heavy atom. The Hall–Kier alpha value is -1.75. The summed E-state index contributed by atoms with van der Waals surface area (Å²) in [5.41, 5.74) is 2.68. The zero-order chi connectivity index (χ0) is 14.1. The maximum Gasteiger partial charge on any atom is 0.256 e. The van der Waals surface area contributed by atoms with E-state index in [0.29, 0.717) is 13.2 Å². The molecule has 0 aliphatic carbocycles. The highest BCUT2D eigenvalue weighted by atomic mass is 16.5. The van der Waals surface area contributed by atoms with Crippen molar-refractivity contribution >= 4 is 17.3 Å². The molecule has 2 heterocycles. The van der Waals surface area contributed by atoms with Crippen LogP contribution in [0, 0.1) is 0 Å². The van der Waals surface area contributed by atoms with E-state index in [9.17, 15) is 4.79 Å². The molecule has 5 heteroatoms. The van der Waals surface area contributed by atoms with Crippen LogP contribution < -0.4 is 10.6 Å². The van der Waals surface area contributed by atoms with Gasteiger partial charge < -0.3 is 20.3 Å². The van der Waals surface area contributed by atoms with Gasteiger partial charge in [0.25, 0.3) is 5.91 Å². The largest absolute Gasteiger partial charge is 0.382 e. The third kappa shape index (κ3) is 2.33. The molecule has 1 saturated heterocycles. The third-order valence-electron chi connectivity index (χ3n) is 3.91. The zero-order valence-electron chi connectivity index (χ0n) is 12.0. The maximum atomic E-state index is 12.8. The van der Waals surface area contributed by atoms with Crippen LogP contribution in [-0.4, -0.2) is 49.2 Å². The Morgan fingerprint density at radius 1 is 1.30 bits per heavy atom. The molecule has 0 saturated carbocycles. The number of rotatable bonds is 1. The zero-order valence-corrected chi connectivity index (χ0v) is 12.0. The predicted octanol–water partition coefficient (Wildman–Crippen LogP) is 1.77. The molecule has 20 heavy (non-hydrogen) atoms. The molecule has 1 aromatic carbocycles. The number of nitrogens with one attached hydrogen (secondary N) is 2. The minimum Gasteiger partial charge on any atom is -0.382 e. The van der Waals surface area contributed by atoms with Gasteiger partial charge in [-0.3, -0.25) is 4.79 Å². The van der Waals surface area contributed by atoms with E-state index in [2.05, 4.69) is 10.6 Å². The number of hydrogen-bond donors (Lipinski definition) is 2. The second-order valence-electron chi connectivity index (χ2n) is 5.53. The molecule has 2 N–H and O–H groups in total. The molecule has 0 spiro atoms. The Balaban J connectivity index is 1.90. The number of carbonyl (C=O) groups excluding carboxylic acids is 1. The van der Waals surface area contributed by atoms with Gasteiger partial charge in [-0.25, -0.2) is 0 Å². The van der Waals surface area contributed by atoms with Crippen molar-refractivity contribution in [2.45, 2.75) is 26.0 Å². The first-order chi connectivity index (χ1) is 9.66. The van der Waals surface area contributed by atoms with Crippen molar-refractivity contribution in [1.29, 1.82) is 0 Å². The van der Waals surface area contributed by atoms with Crippen LogP contribution in [0.1, 0.15) is 24.2 Å². The van der Waals surface area contributed by atoms with Gasteiger partial charge in [0.05, 0.1) is 35.7 Å². The van der Waals surface area contributed by atoms with Crippen molar-refractivity contribution in [2.24, 2.45) is 0 Å². The van der Waals surface area contributed by atoms with Crippen molar-refractivity contribution in [3.05, 3.63) is 23.8 Å². The Labute approximate surface area is 119 Å². The Morgan fingerprint density at radius 3 is 2.95 bits per heavy atom. The molecule has 108 valence electrons. The van der Waals surface area contributed by atoms with Gasteiger partial charge in [0, 0.05) is 19.6 Å². The second kappa shape index (κ2) is 5.32. The van der Waals surface area contributed by atoms with Gasteiger partial charge in [-0.2, -0.15) is 0 Å². The molecule has 0 radical (unpaired) electrons. The second-order valence-corrected chi connectivity index (χ2v) is 5.53. The molecule has 2 atom stereocenters. The lowest BCUT2D eigenvalue weighted by Gasteiger charge is -2.37. The minimum atomic E-state index is 0.0840. The smallest absolute Gasteiger partial charge is 0.256 e. The standard InChI is InChI=1S/C15H21N3O2/c1-10-9-20-11(2)8-18(10)15(19)12-4-3-5-13-14(12)17-7-6-16-13/h3-5,10-11,16-17H,6-9H2,1-2H3. The Kier molecular flexibility index (Phi) is 3.53. The van der Waals surface area contributed by atoms with Gasteiger partial charge in [0.15, 0.2) is 0 Å². The van der Waals surface area contributed by atoms with E-state index in [1.54, 1.807) is 0 Å². The van der Waals surface area contributed by atoms with Gasteiger partial charge in [-0.15, -0.1) is 0 Å². The molecule has 0 bridgehead atoms. The van der Waals surface area contributed by atoms with Crippen LogP contribution in [0.3, 0.4) is 0 Å². The molecule has 1 fully saturated rings. The third-order valence-corrected chi connectivity index (χ3v) is 3.91. The number of fused-ring (bicyclic) bond motifs is 1. The topological polar surface area (TPSA) is 53.6 Å². The van der Waals surface area contributed by atoms with Crippen molar-refractivity contribution < 1.29 is 9.53 Å². The van der Waals surface area contributed by atoms with E-state index >= 15 is 0 Å². The summed E-state index contributed by atoms with van der Waals surface area (Å²) >= 11 is 0. The summed E-state index contributed by atoms with van der Waals surface area (Å²) in [6.45, 7) is 7.02. The summed E-state index contributed by atoms with van der Waals surface area (Å²) in [5.74, 6) is 0.0840. The molecular weight excluding hydrogens is 254 g/mol. The predicted molar refractivity (Wildman–Crippen MR) is 79.3 cm³/mol. The highest BCUT2D eigenvalue weighted by Gasteiger charge is 2.30. The lowest BCUT2D eigenvalue weighted by molar-refractivity contribution is -0.0386. The summed E-state index contributed by atoms with van der Waals surface area (Å²) in [6, 6.07) is 5.95. The van der Waals surface area contributed by atoms with Crippen LogP contribution in [0.25, 0.3) is 0 Å². The number of carbonyl (C=O) groups is 1. The fourth-order valence-corrected chi connectivity index (χ4v) is 2.79. The van der Waals surface area contributed by atoms with E-state index in [-0.39, 0.29) is 18.1 Å². The van der Waals surface area contributed by atoms with E-state index in [0.717, 1.165) is 30.0 Å². The molecule has 2 aliphatic heterocycles. The highest BCUT2D eigenvalue weighted by Crippen LogP contribution is 2.30. The average Bonchev–Trinajstić information content (AvgIpc) is 2.48. The Bertz CT molecular complexity index is 518. The summed E-state index contributed by atoms with van der Waals surface area (Å²) in [5, 5.41) is 6.66. The fourth-order valence-electron chi connectivity index (χ4n) is 2.79. The van der Waals surface area contributed by atoms with Gasteiger partial charge in [0.1, 0.15) is 0 Å². The number of hydrogen-bond acceptors (Lipinski definition) is 4. The molecular formula is C15H21N3O2. The summed E-state index contributed by atoms with van der Waals surface area (Å²) in [4.78, 5) is 14.7. The van der Waals surface area contributed by atoms with Crippen LogP contribution in [0.2, 0.25) is 0 Å². The fraction of sp³-hybridized carbons (Fsp3) is 0.533. The van der Waals surface area contributed by atoms with Crippen molar-refractivity contribution in [1.82, 2.24) is 4.90 Å². The highest BCUT2D eigenvalue weighted by molar-refractivity contribution is 6.03. The SMILES string of the molecule is CC1CN(C(=O)c2cccc3c2NCCN3)C(C)CO1. The van der Waals surface area contributed by atoms with Gasteiger partial charge in [0.2, 0.25) is 0 Å². The van der Waals surface area contributed by atoms with Crippen LogP contribution in [0.4, 0.5) is 11.4 Å². The molecule has 1 aromatic rings. The average molecular weight is 275 g/mol. The summed E-state index contributed by atoms with van der Waals surface area (Å²) < 4.78 is 5.60. The lowest BCUT2D eigenvalue weighted by Crippen LogP contribution is -2.50. The lowest BCUT2D eigenvalue weighted by atomic mass is 10.1. The van der Waals surface area contributed by atoms with E-state index in [4.69, 9.17) is 4.74 Å². The quantitative estimate of drug-likeness (QED) is 0.820.